The van der Waals surface area contributed by atoms with Crippen LogP contribution in [0.25, 0.3) is 11.1 Å². The summed E-state index contributed by atoms with van der Waals surface area (Å²) in [5.74, 6) is 0. The van der Waals surface area contributed by atoms with Gasteiger partial charge < -0.3 is 14.3 Å². The van der Waals surface area contributed by atoms with E-state index in [0.29, 0.717) is 17.5 Å². The first-order valence-corrected chi connectivity index (χ1v) is 7.88. The van der Waals surface area contributed by atoms with Crippen LogP contribution in [0.4, 0.5) is 0 Å². The maximum Gasteiger partial charge on any atom is 0.337 e. The van der Waals surface area contributed by atoms with Crippen LogP contribution in [0.15, 0.2) is 50.4 Å². The predicted molar refractivity (Wildman–Crippen MR) is 91.8 cm³/mol. The number of benzene rings is 1. The minimum absolute atomic E-state index is 0.0811. The first-order valence-electron chi connectivity index (χ1n) is 7.88. The summed E-state index contributed by atoms with van der Waals surface area (Å²) < 4.78 is 10.5. The van der Waals surface area contributed by atoms with Crippen molar-refractivity contribution >= 4 is 11.1 Å². The molecule has 0 radical (unpaired) electrons. The maximum atomic E-state index is 12.3. The van der Waals surface area contributed by atoms with Gasteiger partial charge in [-0.15, -0.1) is 0 Å². The highest BCUT2D eigenvalue weighted by Crippen LogP contribution is 2.21. The Hall–Kier alpha value is -2.93. The molecule has 0 aliphatic rings. The molecule has 3 aromatic rings. The average Bonchev–Trinajstić information content (AvgIpc) is 2.59. The van der Waals surface area contributed by atoms with E-state index >= 15 is 0 Å². The Morgan fingerprint density at radius 2 is 2.00 bits per heavy atom. The highest BCUT2D eigenvalue weighted by atomic mass is 16.5. The highest BCUT2D eigenvalue weighted by Gasteiger charge is 2.24. The molecule has 0 aliphatic heterocycles. The van der Waals surface area contributed by atoms with E-state index in [1.165, 1.54) is 6.07 Å². The molecule has 7 heteroatoms. The molecule has 0 fully saturated rings. The number of ether oxygens (including phenoxy) is 1. The second-order valence-electron chi connectivity index (χ2n) is 5.92. The molecule has 130 valence electrons. The number of aliphatic hydroxyl groups is 1. The summed E-state index contributed by atoms with van der Waals surface area (Å²) in [7, 11) is 0. The minimum atomic E-state index is -1.28. The van der Waals surface area contributed by atoms with Gasteiger partial charge in [-0.3, -0.25) is 9.78 Å². The van der Waals surface area contributed by atoms with Gasteiger partial charge >= 0.3 is 5.63 Å². The maximum absolute atomic E-state index is 12.3. The van der Waals surface area contributed by atoms with Gasteiger partial charge in [-0.1, -0.05) is 37.3 Å². The zero-order valence-electron chi connectivity index (χ0n) is 13.9. The monoisotopic (exact) mass is 342 g/mol. The first kappa shape index (κ1) is 16.9. The molecule has 3 rings (SSSR count). The van der Waals surface area contributed by atoms with E-state index in [9.17, 15) is 14.7 Å². The first-order chi connectivity index (χ1) is 11.9. The molecule has 2 heterocycles. The van der Waals surface area contributed by atoms with Gasteiger partial charge in [0.1, 0.15) is 17.6 Å². The van der Waals surface area contributed by atoms with E-state index in [4.69, 9.17) is 9.15 Å². The van der Waals surface area contributed by atoms with Crippen LogP contribution in [0, 0.1) is 0 Å². The van der Waals surface area contributed by atoms with Crippen molar-refractivity contribution in [2.45, 2.75) is 25.9 Å². The number of nitrogens with one attached hydrogen (secondary N) is 1. The third-order valence-electron chi connectivity index (χ3n) is 3.94. The van der Waals surface area contributed by atoms with Crippen LogP contribution >= 0.6 is 0 Å². The fourth-order valence-electron chi connectivity index (χ4n) is 2.57. The third kappa shape index (κ3) is 3.46. The summed E-state index contributed by atoms with van der Waals surface area (Å²) in [6, 6.07) is 10.2. The number of hydrogen-bond acceptors (Lipinski definition) is 6. The highest BCUT2D eigenvalue weighted by molar-refractivity contribution is 5.75. The molecule has 1 unspecified atom stereocenters. The van der Waals surface area contributed by atoms with Crippen molar-refractivity contribution in [2.24, 2.45) is 0 Å². The van der Waals surface area contributed by atoms with Crippen LogP contribution in [0.3, 0.4) is 0 Å². The molecule has 2 aromatic heterocycles. The zero-order valence-corrected chi connectivity index (χ0v) is 13.9. The van der Waals surface area contributed by atoms with Crippen molar-refractivity contribution in [3.8, 4) is 6.01 Å². The quantitative estimate of drug-likeness (QED) is 0.731. The van der Waals surface area contributed by atoms with Crippen molar-refractivity contribution in [3.05, 3.63) is 68.3 Å². The Morgan fingerprint density at radius 3 is 2.68 bits per heavy atom. The van der Waals surface area contributed by atoms with Crippen LogP contribution in [0.5, 0.6) is 6.01 Å². The van der Waals surface area contributed by atoms with Gasteiger partial charge in [0, 0.05) is 6.07 Å². The number of aromatic amines is 1. The lowest BCUT2D eigenvalue weighted by molar-refractivity contribution is 0.00441. The van der Waals surface area contributed by atoms with E-state index < -0.39 is 16.8 Å². The Labute approximate surface area is 142 Å². The largest absolute Gasteiger partial charge is 0.461 e. The minimum Gasteiger partial charge on any atom is -0.461 e. The van der Waals surface area contributed by atoms with Crippen molar-refractivity contribution in [3.63, 3.8) is 0 Å². The van der Waals surface area contributed by atoms with E-state index in [2.05, 4.69) is 9.97 Å². The summed E-state index contributed by atoms with van der Waals surface area (Å²) in [5, 5.41) is 10.8. The lowest BCUT2D eigenvalue weighted by atomic mass is 9.97. The molecule has 25 heavy (non-hydrogen) atoms. The number of rotatable bonds is 5. The van der Waals surface area contributed by atoms with Gasteiger partial charge in [-0.05, 0) is 24.5 Å². The fourth-order valence-corrected chi connectivity index (χ4v) is 2.57. The van der Waals surface area contributed by atoms with E-state index in [1.54, 1.807) is 31.2 Å². The standard InChI is InChI=1S/C18H18N2O5/c1-3-11-9-13(21)25-16-14(11)15(22)19-17(20-16)24-10-18(2,23)12-7-5-4-6-8-12/h4-9,23H,3,10H2,1-2H3,(H,19,20,22). The molecule has 2 N–H and O–H groups in total. The number of aryl methyl sites for hydroxylation is 1. The molecule has 7 nitrogen and oxygen atoms in total. The normalized spacial score (nSPS) is 13.6. The van der Waals surface area contributed by atoms with Gasteiger partial charge in [-0.2, -0.15) is 4.98 Å². The fraction of sp³-hybridized carbons (Fsp3) is 0.278. The number of H-pyrrole nitrogens is 1. The third-order valence-corrected chi connectivity index (χ3v) is 3.94. The summed E-state index contributed by atoms with van der Waals surface area (Å²) in [4.78, 5) is 30.4. The second-order valence-corrected chi connectivity index (χ2v) is 5.92. The van der Waals surface area contributed by atoms with Crippen LogP contribution in [0.2, 0.25) is 0 Å². The van der Waals surface area contributed by atoms with Gasteiger partial charge in [-0.25, -0.2) is 4.79 Å². The van der Waals surface area contributed by atoms with E-state index in [1.807, 2.05) is 13.0 Å². The molecule has 1 atom stereocenters. The van der Waals surface area contributed by atoms with Gasteiger partial charge in [0.2, 0.25) is 5.71 Å². The SMILES string of the molecule is CCc1cc(=O)oc2nc(OCC(C)(O)c3ccccc3)[nH]c(=O)c12. The molecule has 0 saturated heterocycles. The summed E-state index contributed by atoms with van der Waals surface area (Å²) in [5.41, 5.74) is -1.17. The molecule has 0 bridgehead atoms. The summed E-state index contributed by atoms with van der Waals surface area (Å²) >= 11 is 0. The Balaban J connectivity index is 1.93. The van der Waals surface area contributed by atoms with Crippen LogP contribution in [0.1, 0.15) is 25.0 Å². The zero-order chi connectivity index (χ0) is 18.0. The average molecular weight is 342 g/mol. The number of fused-ring (bicyclic) bond motifs is 1. The Morgan fingerprint density at radius 1 is 1.28 bits per heavy atom. The van der Waals surface area contributed by atoms with Crippen LogP contribution in [-0.2, 0) is 12.0 Å². The molecule has 1 aromatic carbocycles. The topological polar surface area (TPSA) is 105 Å². The lowest BCUT2D eigenvalue weighted by Gasteiger charge is -2.23. The molecule has 0 amide bonds. The van der Waals surface area contributed by atoms with Crippen molar-refractivity contribution in [2.75, 3.05) is 6.61 Å². The number of nitrogens with zero attached hydrogens (tertiary/aromatic N) is 1. The van der Waals surface area contributed by atoms with Gasteiger partial charge in [0.15, 0.2) is 0 Å². The Bertz CT molecular complexity index is 1010. The summed E-state index contributed by atoms with van der Waals surface area (Å²) in [6.07, 6.45) is 0.496. The van der Waals surface area contributed by atoms with Gasteiger partial charge in [0.25, 0.3) is 11.6 Å². The Kier molecular flexibility index (Phi) is 4.41. The van der Waals surface area contributed by atoms with E-state index in [-0.39, 0.29) is 23.7 Å². The molecule has 0 spiro atoms. The molecular weight excluding hydrogens is 324 g/mol. The van der Waals surface area contributed by atoms with Crippen LogP contribution in [-0.4, -0.2) is 21.7 Å². The van der Waals surface area contributed by atoms with Crippen molar-refractivity contribution < 1.29 is 14.3 Å². The molecule has 0 aliphatic carbocycles. The molecular formula is C18H18N2O5. The lowest BCUT2D eigenvalue weighted by Crippen LogP contribution is -2.30. The number of hydrogen-bond donors (Lipinski definition) is 2. The van der Waals surface area contributed by atoms with E-state index in [0.717, 1.165) is 0 Å². The summed E-state index contributed by atoms with van der Waals surface area (Å²) in [6.45, 7) is 3.29. The smallest absolute Gasteiger partial charge is 0.337 e. The van der Waals surface area contributed by atoms with Crippen molar-refractivity contribution in [1.82, 2.24) is 9.97 Å². The second kappa shape index (κ2) is 6.52. The number of aromatic nitrogens is 2. The molecule has 0 saturated carbocycles. The predicted octanol–water partition coefficient (Wildman–Crippen LogP) is 1.73. The van der Waals surface area contributed by atoms with Crippen molar-refractivity contribution in [1.29, 1.82) is 0 Å². The van der Waals surface area contributed by atoms with Gasteiger partial charge in [0.05, 0.1) is 0 Å². The van der Waals surface area contributed by atoms with Crippen LogP contribution < -0.4 is 15.9 Å².